The van der Waals surface area contributed by atoms with Gasteiger partial charge in [0.2, 0.25) is 0 Å². The van der Waals surface area contributed by atoms with Gasteiger partial charge in [0.1, 0.15) is 11.6 Å². The van der Waals surface area contributed by atoms with Crippen molar-refractivity contribution in [2.75, 3.05) is 32.6 Å². The third-order valence-corrected chi connectivity index (χ3v) is 4.55. The van der Waals surface area contributed by atoms with E-state index in [0.717, 1.165) is 31.7 Å². The number of piperidine rings is 1. The number of nitrogens with zero attached hydrogens (tertiary/aromatic N) is 2. The summed E-state index contributed by atoms with van der Waals surface area (Å²) in [4.78, 5) is 19.0. The molecule has 1 N–H and O–H groups in total. The molecule has 0 bridgehead atoms. The Hall–Kier alpha value is -2.56. The number of nitrogens with one attached hydrogen (secondary N) is 1. The molecule has 0 aliphatic carbocycles. The van der Waals surface area contributed by atoms with Gasteiger partial charge in [-0.1, -0.05) is 18.2 Å². The minimum absolute atomic E-state index is 0.0634. The Morgan fingerprint density at radius 3 is 2.96 bits per heavy atom. The average molecular weight is 325 g/mol. The van der Waals surface area contributed by atoms with E-state index in [-0.39, 0.29) is 5.91 Å². The maximum atomic E-state index is 12.8. The number of likely N-dealkylation sites (tertiary alicyclic amines) is 1. The fourth-order valence-electron chi connectivity index (χ4n) is 3.30. The minimum Gasteiger partial charge on any atom is -0.496 e. The van der Waals surface area contributed by atoms with Crippen LogP contribution in [0.4, 0.5) is 5.82 Å². The van der Waals surface area contributed by atoms with Gasteiger partial charge < -0.3 is 15.0 Å². The Bertz CT molecular complexity index is 717. The maximum absolute atomic E-state index is 12.8. The summed E-state index contributed by atoms with van der Waals surface area (Å²) >= 11 is 0. The number of carbonyl (C=O) groups is 1. The van der Waals surface area contributed by atoms with E-state index >= 15 is 0 Å². The molecule has 1 saturated heterocycles. The van der Waals surface area contributed by atoms with Crippen LogP contribution in [-0.2, 0) is 0 Å². The molecular formula is C19H23N3O2. The normalized spacial score (nSPS) is 17.4. The molecule has 2 aromatic rings. The van der Waals surface area contributed by atoms with Crippen LogP contribution in [0, 0.1) is 0 Å². The largest absolute Gasteiger partial charge is 0.496 e. The summed E-state index contributed by atoms with van der Waals surface area (Å²) in [5.41, 5.74) is 1.86. The van der Waals surface area contributed by atoms with Gasteiger partial charge in [-0.2, -0.15) is 0 Å². The van der Waals surface area contributed by atoms with Gasteiger partial charge in [0.25, 0.3) is 5.91 Å². The number of carbonyl (C=O) groups excluding carboxylic acids is 1. The summed E-state index contributed by atoms with van der Waals surface area (Å²) in [5, 5.41) is 2.98. The summed E-state index contributed by atoms with van der Waals surface area (Å²) in [6, 6.07) is 11.7. The highest BCUT2D eigenvalue weighted by Crippen LogP contribution is 2.33. The molecule has 0 radical (unpaired) electrons. The van der Waals surface area contributed by atoms with Crippen molar-refractivity contribution in [3.8, 4) is 5.75 Å². The first kappa shape index (κ1) is 16.3. The fraction of sp³-hybridized carbons (Fsp3) is 0.368. The highest BCUT2D eigenvalue weighted by molar-refractivity contribution is 5.95. The van der Waals surface area contributed by atoms with Crippen LogP contribution >= 0.6 is 0 Å². The number of hydrogen-bond acceptors (Lipinski definition) is 4. The molecule has 0 spiro atoms. The van der Waals surface area contributed by atoms with Crippen LogP contribution < -0.4 is 10.1 Å². The van der Waals surface area contributed by atoms with E-state index in [1.54, 1.807) is 32.5 Å². The van der Waals surface area contributed by atoms with Crippen molar-refractivity contribution >= 4 is 11.7 Å². The van der Waals surface area contributed by atoms with E-state index in [9.17, 15) is 4.79 Å². The molecule has 1 aliphatic heterocycles. The minimum atomic E-state index is 0.0634. The zero-order chi connectivity index (χ0) is 16.9. The van der Waals surface area contributed by atoms with Crippen molar-refractivity contribution in [1.29, 1.82) is 0 Å². The molecule has 5 heteroatoms. The second-order valence-electron chi connectivity index (χ2n) is 6.01. The van der Waals surface area contributed by atoms with Crippen molar-refractivity contribution in [2.24, 2.45) is 0 Å². The van der Waals surface area contributed by atoms with Gasteiger partial charge in [-0.15, -0.1) is 0 Å². The monoisotopic (exact) mass is 325 g/mol. The van der Waals surface area contributed by atoms with Gasteiger partial charge in [0.15, 0.2) is 0 Å². The predicted octanol–water partition coefficient (Wildman–Crippen LogP) is 3.15. The lowest BCUT2D eigenvalue weighted by Crippen LogP contribution is -2.39. The molecule has 1 amide bonds. The molecule has 3 rings (SSSR count). The number of amides is 1. The fourth-order valence-corrected chi connectivity index (χ4v) is 3.30. The molecule has 1 aromatic heterocycles. The van der Waals surface area contributed by atoms with E-state index in [0.29, 0.717) is 17.3 Å². The lowest BCUT2D eigenvalue weighted by atomic mass is 9.89. The van der Waals surface area contributed by atoms with Crippen molar-refractivity contribution in [3.05, 3.63) is 53.7 Å². The molecule has 1 atom stereocenters. The van der Waals surface area contributed by atoms with Gasteiger partial charge in [-0.05, 0) is 36.6 Å². The van der Waals surface area contributed by atoms with Crippen LogP contribution in [0.1, 0.15) is 34.7 Å². The Kier molecular flexibility index (Phi) is 4.99. The van der Waals surface area contributed by atoms with Gasteiger partial charge in [-0.25, -0.2) is 4.98 Å². The number of para-hydroxylation sites is 1. The van der Waals surface area contributed by atoms with E-state index in [1.807, 2.05) is 23.1 Å². The summed E-state index contributed by atoms with van der Waals surface area (Å²) in [6.07, 6.45) is 3.74. The predicted molar refractivity (Wildman–Crippen MR) is 94.7 cm³/mol. The van der Waals surface area contributed by atoms with Gasteiger partial charge in [0.05, 0.1) is 7.11 Å². The Morgan fingerprint density at radius 1 is 1.33 bits per heavy atom. The number of rotatable bonds is 4. The van der Waals surface area contributed by atoms with Crippen molar-refractivity contribution in [3.63, 3.8) is 0 Å². The van der Waals surface area contributed by atoms with E-state index < -0.39 is 0 Å². The Labute approximate surface area is 142 Å². The number of anilines is 1. The second-order valence-corrected chi connectivity index (χ2v) is 6.01. The number of methoxy groups -OCH3 is 1. The number of pyridine rings is 1. The highest BCUT2D eigenvalue weighted by Gasteiger charge is 2.27. The van der Waals surface area contributed by atoms with Crippen LogP contribution in [-0.4, -0.2) is 43.0 Å². The summed E-state index contributed by atoms with van der Waals surface area (Å²) < 4.78 is 5.49. The molecule has 5 nitrogen and oxygen atoms in total. The molecule has 0 saturated carbocycles. The lowest BCUT2D eigenvalue weighted by molar-refractivity contribution is 0.0706. The third-order valence-electron chi connectivity index (χ3n) is 4.55. The van der Waals surface area contributed by atoms with Gasteiger partial charge in [-0.3, -0.25) is 4.79 Å². The van der Waals surface area contributed by atoms with E-state index in [4.69, 9.17) is 4.74 Å². The zero-order valence-electron chi connectivity index (χ0n) is 14.2. The SMILES string of the molecule is CNc1cc(C(=O)N2CCC[C@H](c3ccccc3OC)C2)ccn1. The average Bonchev–Trinajstić information content (AvgIpc) is 2.67. The molecule has 126 valence electrons. The zero-order valence-corrected chi connectivity index (χ0v) is 14.2. The standard InChI is InChI=1S/C19H23N3O2/c1-20-18-12-14(9-10-21-18)19(23)22-11-5-6-15(13-22)16-7-3-4-8-17(16)24-2/h3-4,7-10,12,15H,5-6,11,13H2,1-2H3,(H,20,21)/t15-/m0/s1. The smallest absolute Gasteiger partial charge is 0.254 e. The Morgan fingerprint density at radius 2 is 2.17 bits per heavy atom. The van der Waals surface area contributed by atoms with Gasteiger partial charge in [0, 0.05) is 37.8 Å². The first-order valence-electron chi connectivity index (χ1n) is 8.29. The lowest BCUT2D eigenvalue weighted by Gasteiger charge is -2.33. The van der Waals surface area contributed by atoms with Crippen LogP contribution in [0.2, 0.25) is 0 Å². The second kappa shape index (κ2) is 7.34. The highest BCUT2D eigenvalue weighted by atomic mass is 16.5. The molecule has 0 unspecified atom stereocenters. The Balaban J connectivity index is 1.79. The molecule has 1 aliphatic rings. The third kappa shape index (κ3) is 3.35. The summed E-state index contributed by atoms with van der Waals surface area (Å²) in [7, 11) is 3.50. The van der Waals surface area contributed by atoms with Crippen LogP contribution in [0.15, 0.2) is 42.6 Å². The topological polar surface area (TPSA) is 54.5 Å². The number of ether oxygens (including phenoxy) is 1. The number of aromatic nitrogens is 1. The first-order chi connectivity index (χ1) is 11.7. The van der Waals surface area contributed by atoms with E-state index in [1.165, 1.54) is 5.56 Å². The molecule has 1 aromatic carbocycles. The van der Waals surface area contributed by atoms with Crippen molar-refractivity contribution in [1.82, 2.24) is 9.88 Å². The number of hydrogen-bond donors (Lipinski definition) is 1. The molecular weight excluding hydrogens is 302 g/mol. The quantitative estimate of drug-likeness (QED) is 0.938. The summed E-state index contributed by atoms with van der Waals surface area (Å²) in [6.45, 7) is 1.51. The molecule has 2 heterocycles. The van der Waals surface area contributed by atoms with E-state index in [2.05, 4.69) is 16.4 Å². The van der Waals surface area contributed by atoms with Crippen LogP contribution in [0.5, 0.6) is 5.75 Å². The number of benzene rings is 1. The molecule has 1 fully saturated rings. The van der Waals surface area contributed by atoms with Crippen molar-refractivity contribution < 1.29 is 9.53 Å². The summed E-state index contributed by atoms with van der Waals surface area (Å²) in [5.74, 6) is 1.98. The van der Waals surface area contributed by atoms with Crippen LogP contribution in [0.25, 0.3) is 0 Å². The molecule has 24 heavy (non-hydrogen) atoms. The maximum Gasteiger partial charge on any atom is 0.254 e. The van der Waals surface area contributed by atoms with Gasteiger partial charge >= 0.3 is 0 Å². The first-order valence-corrected chi connectivity index (χ1v) is 8.29. The van der Waals surface area contributed by atoms with Crippen molar-refractivity contribution in [2.45, 2.75) is 18.8 Å². The van der Waals surface area contributed by atoms with Crippen LogP contribution in [0.3, 0.4) is 0 Å².